The van der Waals surface area contributed by atoms with Crippen LogP contribution in [0.4, 0.5) is 5.69 Å². The molecular weight excluding hydrogens is 178 g/mol. The van der Waals surface area contributed by atoms with Gasteiger partial charge in [0, 0.05) is 6.42 Å². The van der Waals surface area contributed by atoms with Gasteiger partial charge in [0.25, 0.3) is 0 Å². The third-order valence-electron chi connectivity index (χ3n) is 2.48. The number of para-hydroxylation sites is 2. The van der Waals surface area contributed by atoms with Crippen molar-refractivity contribution in [3.05, 3.63) is 36.2 Å². The van der Waals surface area contributed by atoms with Crippen molar-refractivity contribution in [1.82, 2.24) is 0 Å². The van der Waals surface area contributed by atoms with Crippen molar-refractivity contribution in [1.29, 1.82) is 0 Å². The summed E-state index contributed by atoms with van der Waals surface area (Å²) in [4.78, 5) is 13.2. The number of carbonyl (C=O) groups excluding carboxylic acids is 1. The first-order chi connectivity index (χ1) is 6.84. The van der Waals surface area contributed by atoms with Gasteiger partial charge in [0.2, 0.25) is 0 Å². The van der Waals surface area contributed by atoms with Crippen molar-refractivity contribution in [2.45, 2.75) is 6.42 Å². The SMILES string of the molecule is O=C1CC=C2Oc3ccccc3N2C1. The largest absolute Gasteiger partial charge is 0.439 e. The summed E-state index contributed by atoms with van der Waals surface area (Å²) in [6, 6.07) is 7.76. The summed E-state index contributed by atoms with van der Waals surface area (Å²) < 4.78 is 5.59. The molecule has 1 aromatic rings. The summed E-state index contributed by atoms with van der Waals surface area (Å²) in [5.41, 5.74) is 0.992. The first kappa shape index (κ1) is 7.62. The van der Waals surface area contributed by atoms with Crippen LogP contribution in [0.2, 0.25) is 0 Å². The van der Waals surface area contributed by atoms with Crippen LogP contribution in [0.1, 0.15) is 6.42 Å². The van der Waals surface area contributed by atoms with Gasteiger partial charge in [-0.25, -0.2) is 0 Å². The molecule has 0 aliphatic carbocycles. The lowest BCUT2D eigenvalue weighted by Gasteiger charge is -2.20. The zero-order valence-electron chi connectivity index (χ0n) is 7.56. The maximum atomic E-state index is 11.3. The lowest BCUT2D eigenvalue weighted by atomic mass is 10.2. The standard InChI is InChI=1S/C11H9NO2/c13-8-5-6-11-12(7-8)9-3-1-2-4-10(9)14-11/h1-4,6H,5,7H2. The number of fused-ring (bicyclic) bond motifs is 3. The highest BCUT2D eigenvalue weighted by molar-refractivity contribution is 5.89. The monoisotopic (exact) mass is 187 g/mol. The van der Waals surface area contributed by atoms with Gasteiger partial charge in [-0.3, -0.25) is 4.79 Å². The van der Waals surface area contributed by atoms with E-state index in [-0.39, 0.29) is 5.78 Å². The van der Waals surface area contributed by atoms with E-state index in [0.717, 1.165) is 17.3 Å². The number of benzene rings is 1. The number of allylic oxidation sites excluding steroid dienone is 1. The topological polar surface area (TPSA) is 29.5 Å². The molecule has 3 nitrogen and oxygen atoms in total. The molecular formula is C11H9NO2. The van der Waals surface area contributed by atoms with Gasteiger partial charge < -0.3 is 9.64 Å². The molecule has 2 aliphatic rings. The number of carbonyl (C=O) groups is 1. The van der Waals surface area contributed by atoms with E-state index >= 15 is 0 Å². The van der Waals surface area contributed by atoms with Crippen LogP contribution in [0.3, 0.4) is 0 Å². The molecule has 0 fully saturated rings. The average molecular weight is 187 g/mol. The van der Waals surface area contributed by atoms with Crippen molar-refractivity contribution < 1.29 is 9.53 Å². The number of hydrogen-bond donors (Lipinski definition) is 0. The van der Waals surface area contributed by atoms with Crippen LogP contribution in [0.5, 0.6) is 5.75 Å². The van der Waals surface area contributed by atoms with Crippen LogP contribution in [0.15, 0.2) is 36.2 Å². The molecule has 2 heterocycles. The molecule has 14 heavy (non-hydrogen) atoms. The molecule has 2 aliphatic heterocycles. The molecule has 3 heteroatoms. The van der Waals surface area contributed by atoms with Gasteiger partial charge in [0.1, 0.15) is 0 Å². The lowest BCUT2D eigenvalue weighted by molar-refractivity contribution is -0.117. The van der Waals surface area contributed by atoms with Gasteiger partial charge in [-0.15, -0.1) is 0 Å². The molecule has 0 saturated carbocycles. The van der Waals surface area contributed by atoms with Crippen LogP contribution in [-0.4, -0.2) is 12.3 Å². The van der Waals surface area contributed by atoms with Crippen LogP contribution >= 0.6 is 0 Å². The first-order valence-corrected chi connectivity index (χ1v) is 4.61. The van der Waals surface area contributed by atoms with Crippen molar-refractivity contribution in [2.75, 3.05) is 11.4 Å². The van der Waals surface area contributed by atoms with Gasteiger partial charge >= 0.3 is 0 Å². The Morgan fingerprint density at radius 3 is 3.07 bits per heavy atom. The van der Waals surface area contributed by atoms with Crippen molar-refractivity contribution in [2.24, 2.45) is 0 Å². The number of anilines is 1. The maximum absolute atomic E-state index is 11.3. The van der Waals surface area contributed by atoms with Crippen LogP contribution in [-0.2, 0) is 4.79 Å². The Labute approximate surface area is 81.6 Å². The molecule has 70 valence electrons. The maximum Gasteiger partial charge on any atom is 0.197 e. The summed E-state index contributed by atoms with van der Waals surface area (Å²) in [7, 11) is 0. The molecule has 0 unspecified atom stereocenters. The smallest absolute Gasteiger partial charge is 0.197 e. The van der Waals surface area contributed by atoms with Gasteiger partial charge in [0.15, 0.2) is 17.4 Å². The number of Topliss-reactive ketones (excluding diaryl/α,β-unsaturated/α-hetero) is 1. The minimum atomic E-state index is 0.231. The third kappa shape index (κ3) is 0.954. The van der Waals surface area contributed by atoms with Crippen LogP contribution in [0, 0.1) is 0 Å². The second-order valence-corrected chi connectivity index (χ2v) is 3.44. The molecule has 0 radical (unpaired) electrons. The highest BCUT2D eigenvalue weighted by Crippen LogP contribution is 2.39. The highest BCUT2D eigenvalue weighted by atomic mass is 16.5. The number of ether oxygens (including phenoxy) is 1. The summed E-state index contributed by atoms with van der Waals surface area (Å²) in [5, 5.41) is 0. The molecule has 3 rings (SSSR count). The van der Waals surface area contributed by atoms with E-state index in [0.29, 0.717) is 13.0 Å². The number of hydrogen-bond acceptors (Lipinski definition) is 3. The van der Waals surface area contributed by atoms with E-state index in [1.54, 1.807) is 0 Å². The van der Waals surface area contributed by atoms with E-state index in [4.69, 9.17) is 4.74 Å². The Bertz CT molecular complexity index is 437. The number of ketones is 1. The Balaban J connectivity index is 2.10. The van der Waals surface area contributed by atoms with Crippen LogP contribution < -0.4 is 9.64 Å². The quantitative estimate of drug-likeness (QED) is 0.619. The molecule has 0 atom stereocenters. The van der Waals surface area contributed by atoms with Gasteiger partial charge in [0.05, 0.1) is 12.2 Å². The van der Waals surface area contributed by atoms with Gasteiger partial charge in [-0.1, -0.05) is 12.1 Å². The Morgan fingerprint density at radius 1 is 1.29 bits per heavy atom. The first-order valence-electron chi connectivity index (χ1n) is 4.61. The average Bonchev–Trinajstić information content (AvgIpc) is 2.56. The van der Waals surface area contributed by atoms with E-state index in [1.807, 2.05) is 35.2 Å². The third-order valence-corrected chi connectivity index (χ3v) is 2.48. The van der Waals surface area contributed by atoms with E-state index in [9.17, 15) is 4.79 Å². The minimum Gasteiger partial charge on any atom is -0.439 e. The van der Waals surface area contributed by atoms with E-state index in [1.165, 1.54) is 0 Å². The molecule has 1 aromatic carbocycles. The van der Waals surface area contributed by atoms with Gasteiger partial charge in [-0.05, 0) is 18.2 Å². The Hall–Kier alpha value is -1.77. The Morgan fingerprint density at radius 2 is 2.14 bits per heavy atom. The predicted octanol–water partition coefficient (Wildman–Crippen LogP) is 1.70. The predicted molar refractivity (Wildman–Crippen MR) is 52.1 cm³/mol. The van der Waals surface area contributed by atoms with Crippen LogP contribution in [0.25, 0.3) is 0 Å². The van der Waals surface area contributed by atoms with E-state index < -0.39 is 0 Å². The molecule has 0 aromatic heterocycles. The fourth-order valence-corrected chi connectivity index (χ4v) is 1.81. The molecule has 0 bridgehead atoms. The number of nitrogens with zero attached hydrogens (tertiary/aromatic N) is 1. The summed E-state index contributed by atoms with van der Waals surface area (Å²) in [5.74, 6) is 1.87. The highest BCUT2D eigenvalue weighted by Gasteiger charge is 2.29. The molecule has 0 N–H and O–H groups in total. The van der Waals surface area contributed by atoms with Crippen molar-refractivity contribution in [3.8, 4) is 5.75 Å². The molecule has 0 spiro atoms. The van der Waals surface area contributed by atoms with Gasteiger partial charge in [-0.2, -0.15) is 0 Å². The second kappa shape index (κ2) is 2.61. The van der Waals surface area contributed by atoms with E-state index in [2.05, 4.69) is 0 Å². The fraction of sp³-hybridized carbons (Fsp3) is 0.182. The zero-order chi connectivity index (χ0) is 9.54. The summed E-state index contributed by atoms with van der Waals surface area (Å²) in [6.45, 7) is 0.433. The Kier molecular flexibility index (Phi) is 1.42. The fourth-order valence-electron chi connectivity index (χ4n) is 1.81. The molecule has 0 amide bonds. The van der Waals surface area contributed by atoms with Crippen molar-refractivity contribution in [3.63, 3.8) is 0 Å². The summed E-state index contributed by atoms with van der Waals surface area (Å²) >= 11 is 0. The zero-order valence-corrected chi connectivity index (χ0v) is 7.56. The molecule has 0 saturated heterocycles. The lowest BCUT2D eigenvalue weighted by Crippen LogP contribution is -2.30. The van der Waals surface area contributed by atoms with Crippen molar-refractivity contribution >= 4 is 11.5 Å². The minimum absolute atomic E-state index is 0.231. The normalized spacial score (nSPS) is 18.4. The summed E-state index contributed by atoms with van der Waals surface area (Å²) in [6.07, 6.45) is 2.33. The number of rotatable bonds is 0. The second-order valence-electron chi connectivity index (χ2n) is 3.44.